The van der Waals surface area contributed by atoms with E-state index < -0.39 is 0 Å². The molecule has 0 aliphatic carbocycles. The number of fused-ring (bicyclic) bond motifs is 3. The van der Waals surface area contributed by atoms with E-state index in [1.54, 1.807) is 19.3 Å². The zero-order valence-corrected chi connectivity index (χ0v) is 14.3. The Kier molecular flexibility index (Phi) is 3.74. The minimum Gasteiger partial charge on any atom is -0.279 e. The van der Waals surface area contributed by atoms with Gasteiger partial charge in [0.05, 0.1) is 10.9 Å². The van der Waals surface area contributed by atoms with Crippen molar-refractivity contribution in [3.63, 3.8) is 0 Å². The minimum atomic E-state index is -0.0797. The van der Waals surface area contributed by atoms with E-state index in [1.165, 1.54) is 16.3 Å². The fraction of sp³-hybridized carbons (Fsp3) is 0.125. The number of thioether (sulfide) groups is 1. The monoisotopic (exact) mass is 357 g/mol. The highest BCUT2D eigenvalue weighted by Crippen LogP contribution is 2.24. The predicted molar refractivity (Wildman–Crippen MR) is 94.5 cm³/mol. The lowest BCUT2D eigenvalue weighted by atomic mass is 10.2. The quantitative estimate of drug-likeness (QED) is 0.416. The number of aromatic nitrogens is 5. The molecule has 0 bridgehead atoms. The lowest BCUT2D eigenvalue weighted by Gasteiger charge is -2.07. The summed E-state index contributed by atoms with van der Waals surface area (Å²) in [6.07, 6.45) is 1.74. The van der Waals surface area contributed by atoms with Crippen LogP contribution in [-0.4, -0.2) is 24.1 Å². The van der Waals surface area contributed by atoms with Crippen molar-refractivity contribution in [2.75, 3.05) is 0 Å². The summed E-state index contributed by atoms with van der Waals surface area (Å²) in [5.41, 5.74) is 1.76. The van der Waals surface area contributed by atoms with E-state index in [4.69, 9.17) is 11.6 Å². The average Bonchev–Trinajstić information content (AvgIpc) is 3.03. The topological polar surface area (TPSA) is 65.1 Å². The van der Waals surface area contributed by atoms with Crippen LogP contribution in [0.3, 0.4) is 0 Å². The number of rotatable bonds is 3. The average molecular weight is 358 g/mol. The van der Waals surface area contributed by atoms with Crippen LogP contribution in [0.4, 0.5) is 0 Å². The molecule has 0 spiro atoms. The second kappa shape index (κ2) is 5.92. The molecule has 4 aromatic rings. The van der Waals surface area contributed by atoms with Crippen LogP contribution in [0.25, 0.3) is 16.7 Å². The normalized spacial score (nSPS) is 11.4. The van der Waals surface area contributed by atoms with Gasteiger partial charge in [0.15, 0.2) is 5.16 Å². The standard InChI is InChI=1S/C16H12ClN5OS/c1-21-14(23)11-4-2-3-5-12(11)22-15(21)19-20-16(22)24-9-10-6-7-13(17)18-8-10/h2-8H,9H2,1H3. The molecule has 0 N–H and O–H groups in total. The summed E-state index contributed by atoms with van der Waals surface area (Å²) >= 11 is 7.35. The van der Waals surface area contributed by atoms with Crippen LogP contribution >= 0.6 is 23.4 Å². The van der Waals surface area contributed by atoms with Gasteiger partial charge in [-0.3, -0.25) is 13.8 Å². The van der Waals surface area contributed by atoms with Crippen molar-refractivity contribution in [3.05, 3.63) is 63.7 Å². The summed E-state index contributed by atoms with van der Waals surface area (Å²) < 4.78 is 3.42. The number of para-hydroxylation sites is 1. The molecule has 6 nitrogen and oxygen atoms in total. The van der Waals surface area contributed by atoms with Crippen molar-refractivity contribution in [1.29, 1.82) is 0 Å². The van der Waals surface area contributed by atoms with Crippen molar-refractivity contribution in [1.82, 2.24) is 24.1 Å². The third kappa shape index (κ3) is 2.46. The van der Waals surface area contributed by atoms with Crippen LogP contribution in [0.5, 0.6) is 0 Å². The van der Waals surface area contributed by atoms with E-state index in [0.29, 0.717) is 22.1 Å². The van der Waals surface area contributed by atoms with Gasteiger partial charge in [0.1, 0.15) is 5.15 Å². The van der Waals surface area contributed by atoms with Crippen molar-refractivity contribution < 1.29 is 0 Å². The van der Waals surface area contributed by atoms with Gasteiger partial charge in [-0.15, -0.1) is 10.2 Å². The Morgan fingerprint density at radius 3 is 2.79 bits per heavy atom. The van der Waals surface area contributed by atoms with E-state index in [-0.39, 0.29) is 5.56 Å². The molecule has 0 radical (unpaired) electrons. The van der Waals surface area contributed by atoms with Crippen molar-refractivity contribution in [2.24, 2.45) is 7.05 Å². The third-order valence-corrected chi connectivity index (χ3v) is 4.98. The molecule has 120 valence electrons. The largest absolute Gasteiger partial charge is 0.279 e. The van der Waals surface area contributed by atoms with Crippen LogP contribution in [0.2, 0.25) is 5.15 Å². The first kappa shape index (κ1) is 15.2. The fourth-order valence-electron chi connectivity index (χ4n) is 2.54. The molecule has 1 aromatic carbocycles. The summed E-state index contributed by atoms with van der Waals surface area (Å²) in [5, 5.41) is 10.3. The van der Waals surface area contributed by atoms with Gasteiger partial charge < -0.3 is 0 Å². The first-order chi connectivity index (χ1) is 11.6. The second-order valence-corrected chi connectivity index (χ2v) is 6.61. The van der Waals surface area contributed by atoms with Gasteiger partial charge in [0, 0.05) is 19.0 Å². The van der Waals surface area contributed by atoms with Crippen LogP contribution in [0, 0.1) is 0 Å². The summed E-state index contributed by atoms with van der Waals surface area (Å²) in [5.74, 6) is 1.21. The Hall–Kier alpha value is -2.38. The Labute approximate surface area is 146 Å². The number of hydrogen-bond donors (Lipinski definition) is 0. The van der Waals surface area contributed by atoms with Crippen LogP contribution in [0.1, 0.15) is 5.56 Å². The number of nitrogens with zero attached hydrogens (tertiary/aromatic N) is 5. The molecule has 4 rings (SSSR count). The highest BCUT2D eigenvalue weighted by Gasteiger charge is 2.14. The summed E-state index contributed by atoms with van der Waals surface area (Å²) in [7, 11) is 1.70. The second-order valence-electron chi connectivity index (χ2n) is 5.28. The maximum absolute atomic E-state index is 12.4. The van der Waals surface area contributed by atoms with E-state index in [2.05, 4.69) is 15.2 Å². The van der Waals surface area contributed by atoms with E-state index in [1.807, 2.05) is 34.7 Å². The predicted octanol–water partition coefficient (Wildman–Crippen LogP) is 2.92. The highest BCUT2D eigenvalue weighted by molar-refractivity contribution is 7.98. The Balaban J connectivity index is 1.82. The van der Waals surface area contributed by atoms with Gasteiger partial charge in [-0.2, -0.15) is 0 Å². The molecule has 8 heteroatoms. The molecule has 3 heterocycles. The zero-order valence-electron chi connectivity index (χ0n) is 12.7. The molecule has 0 atom stereocenters. The molecular weight excluding hydrogens is 346 g/mol. The molecule has 3 aromatic heterocycles. The van der Waals surface area contributed by atoms with E-state index in [9.17, 15) is 4.79 Å². The van der Waals surface area contributed by atoms with Crippen LogP contribution in [0.15, 0.2) is 52.5 Å². The van der Waals surface area contributed by atoms with Crippen LogP contribution < -0.4 is 5.56 Å². The molecule has 0 saturated heterocycles. The smallest absolute Gasteiger partial charge is 0.262 e. The maximum atomic E-state index is 12.4. The van der Waals surface area contributed by atoms with Crippen molar-refractivity contribution in [2.45, 2.75) is 10.9 Å². The van der Waals surface area contributed by atoms with Gasteiger partial charge in [-0.05, 0) is 23.8 Å². The summed E-state index contributed by atoms with van der Waals surface area (Å²) in [6.45, 7) is 0. The van der Waals surface area contributed by atoms with Crippen molar-refractivity contribution >= 4 is 40.0 Å². The molecule has 0 amide bonds. The number of hydrogen-bond acceptors (Lipinski definition) is 5. The molecule has 24 heavy (non-hydrogen) atoms. The van der Waals surface area contributed by atoms with E-state index >= 15 is 0 Å². The van der Waals surface area contributed by atoms with Gasteiger partial charge in [-0.1, -0.05) is 41.6 Å². The third-order valence-electron chi connectivity index (χ3n) is 3.75. The number of pyridine rings is 1. The molecular formula is C16H12ClN5OS. The Morgan fingerprint density at radius 2 is 2.00 bits per heavy atom. The first-order valence-electron chi connectivity index (χ1n) is 7.21. The fourth-order valence-corrected chi connectivity index (χ4v) is 3.53. The van der Waals surface area contributed by atoms with Gasteiger partial charge in [0.25, 0.3) is 5.56 Å². The SMILES string of the molecule is Cn1c(=O)c2ccccc2n2c(SCc3ccc(Cl)nc3)nnc12. The minimum absolute atomic E-state index is 0.0797. The molecule has 0 aliphatic heterocycles. The zero-order chi connectivity index (χ0) is 16.7. The lowest BCUT2D eigenvalue weighted by molar-refractivity contribution is 0.853. The van der Waals surface area contributed by atoms with Gasteiger partial charge in [-0.25, -0.2) is 4.98 Å². The van der Waals surface area contributed by atoms with Crippen molar-refractivity contribution in [3.8, 4) is 0 Å². The summed E-state index contributed by atoms with van der Waals surface area (Å²) in [6, 6.07) is 11.2. The Bertz CT molecular complexity index is 1100. The first-order valence-corrected chi connectivity index (χ1v) is 8.57. The molecule has 0 aliphatic rings. The molecule has 0 saturated carbocycles. The van der Waals surface area contributed by atoms with Crippen LogP contribution in [-0.2, 0) is 12.8 Å². The van der Waals surface area contributed by atoms with Gasteiger partial charge >= 0.3 is 0 Å². The molecule has 0 unspecified atom stereocenters. The number of aryl methyl sites for hydroxylation is 1. The summed E-state index contributed by atoms with van der Waals surface area (Å²) in [4.78, 5) is 16.5. The Morgan fingerprint density at radius 1 is 1.17 bits per heavy atom. The highest BCUT2D eigenvalue weighted by atomic mass is 35.5. The maximum Gasteiger partial charge on any atom is 0.262 e. The van der Waals surface area contributed by atoms with E-state index in [0.717, 1.165) is 16.2 Å². The molecule has 0 fully saturated rings. The number of benzene rings is 1. The number of halogens is 1. The van der Waals surface area contributed by atoms with Gasteiger partial charge in [0.2, 0.25) is 5.78 Å². The lowest BCUT2D eigenvalue weighted by Crippen LogP contribution is -2.20.